The maximum absolute atomic E-state index is 14.0. The van der Waals surface area contributed by atoms with Crippen LogP contribution in [0, 0.1) is 17.7 Å². The van der Waals surface area contributed by atoms with Gasteiger partial charge in [-0.2, -0.15) is 0 Å². The first-order chi connectivity index (χ1) is 10.0. The van der Waals surface area contributed by atoms with Crippen molar-refractivity contribution in [2.75, 3.05) is 0 Å². The molecule has 0 heterocycles. The van der Waals surface area contributed by atoms with Crippen molar-refractivity contribution in [1.82, 2.24) is 0 Å². The Morgan fingerprint density at radius 2 is 2.05 bits per heavy atom. The molecule has 21 heavy (non-hydrogen) atoms. The quantitative estimate of drug-likeness (QED) is 0.664. The van der Waals surface area contributed by atoms with E-state index in [-0.39, 0.29) is 5.82 Å². The number of hydrogen-bond acceptors (Lipinski definition) is 1. The van der Waals surface area contributed by atoms with Crippen LogP contribution in [0.4, 0.5) is 4.39 Å². The first kappa shape index (κ1) is 16.7. The van der Waals surface area contributed by atoms with Gasteiger partial charge in [-0.15, -0.1) is 0 Å². The molecule has 0 aromatic heterocycles. The van der Waals surface area contributed by atoms with Gasteiger partial charge in [0.25, 0.3) is 0 Å². The highest BCUT2D eigenvalue weighted by atomic mass is 79.9. The van der Waals surface area contributed by atoms with Gasteiger partial charge in [0.15, 0.2) is 0 Å². The molecule has 116 valence electrons. The Hall–Kier alpha value is -0.670. The highest BCUT2D eigenvalue weighted by molar-refractivity contribution is 9.10. The molecule has 0 amide bonds. The lowest BCUT2D eigenvalue weighted by Gasteiger charge is -2.31. The van der Waals surface area contributed by atoms with Gasteiger partial charge in [-0.25, -0.2) is 4.39 Å². The second-order valence-electron chi connectivity index (χ2n) is 6.12. The van der Waals surface area contributed by atoms with E-state index in [1.807, 2.05) is 0 Å². The van der Waals surface area contributed by atoms with Crippen molar-refractivity contribution in [3.63, 3.8) is 0 Å². The molecule has 1 saturated carbocycles. The fraction of sp³-hybridized carbons (Fsp3) is 0.556. The van der Waals surface area contributed by atoms with Crippen molar-refractivity contribution in [3.05, 3.63) is 46.2 Å². The average molecular weight is 355 g/mol. The van der Waals surface area contributed by atoms with Gasteiger partial charge in [0.2, 0.25) is 0 Å². The Morgan fingerprint density at radius 1 is 1.38 bits per heavy atom. The van der Waals surface area contributed by atoms with Crippen LogP contribution < -0.4 is 0 Å². The molecule has 1 atom stereocenters. The minimum Gasteiger partial charge on any atom is -0.384 e. The fourth-order valence-electron chi connectivity index (χ4n) is 3.41. The lowest BCUT2D eigenvalue weighted by Crippen LogP contribution is -2.19. The van der Waals surface area contributed by atoms with E-state index in [1.165, 1.54) is 31.7 Å². The molecule has 0 radical (unpaired) electrons. The average Bonchev–Trinajstić information content (AvgIpc) is 2.47. The zero-order chi connectivity index (χ0) is 15.4. The Kier molecular flexibility index (Phi) is 6.00. The van der Waals surface area contributed by atoms with Crippen LogP contribution in [0.1, 0.15) is 57.1 Å². The summed E-state index contributed by atoms with van der Waals surface area (Å²) in [6, 6.07) is 4.77. The van der Waals surface area contributed by atoms with Gasteiger partial charge < -0.3 is 5.11 Å². The van der Waals surface area contributed by atoms with Crippen molar-refractivity contribution in [2.24, 2.45) is 11.8 Å². The molecule has 1 nitrogen and oxygen atoms in total. The summed E-state index contributed by atoms with van der Waals surface area (Å²) in [5, 5.41) is 10.5. The van der Waals surface area contributed by atoms with Crippen LogP contribution in [-0.4, -0.2) is 5.11 Å². The van der Waals surface area contributed by atoms with Gasteiger partial charge >= 0.3 is 0 Å². The van der Waals surface area contributed by atoms with Crippen LogP contribution in [-0.2, 0) is 0 Å². The maximum atomic E-state index is 14.0. The first-order valence-electron chi connectivity index (χ1n) is 7.85. The van der Waals surface area contributed by atoms with E-state index in [0.29, 0.717) is 16.0 Å². The fourth-order valence-corrected chi connectivity index (χ4v) is 3.97. The van der Waals surface area contributed by atoms with Gasteiger partial charge in [-0.1, -0.05) is 48.3 Å². The maximum Gasteiger partial charge on any atom is 0.130 e. The van der Waals surface area contributed by atoms with E-state index < -0.39 is 6.10 Å². The third-order valence-corrected chi connectivity index (χ3v) is 5.38. The van der Waals surface area contributed by atoms with Crippen molar-refractivity contribution in [1.29, 1.82) is 0 Å². The summed E-state index contributed by atoms with van der Waals surface area (Å²) in [5.74, 6) is 0.744. The topological polar surface area (TPSA) is 20.2 Å². The van der Waals surface area contributed by atoms with Crippen molar-refractivity contribution in [3.8, 4) is 0 Å². The standard InChI is InChI=1S/C18H24BrFO/c1-3-5-13-8-10-14(11-9-13)12(2)18(21)17-15(19)6-4-7-16(17)20/h4,6-7,13-14,18,21H,2-3,5,8-11H2,1H3. The summed E-state index contributed by atoms with van der Waals surface area (Å²) >= 11 is 3.33. The van der Waals surface area contributed by atoms with Crippen LogP contribution in [0.5, 0.6) is 0 Å². The monoisotopic (exact) mass is 354 g/mol. The second-order valence-corrected chi connectivity index (χ2v) is 6.97. The van der Waals surface area contributed by atoms with Gasteiger partial charge in [0.1, 0.15) is 11.9 Å². The number of rotatable bonds is 5. The Bertz CT molecular complexity index is 472. The lowest BCUT2D eigenvalue weighted by atomic mass is 9.75. The third-order valence-electron chi connectivity index (χ3n) is 4.69. The molecular formula is C18H24BrFO. The van der Waals surface area contributed by atoms with E-state index in [9.17, 15) is 9.50 Å². The number of halogens is 2. The predicted molar refractivity (Wildman–Crippen MR) is 88.6 cm³/mol. The summed E-state index contributed by atoms with van der Waals surface area (Å²) < 4.78 is 14.6. The SMILES string of the molecule is C=C(C1CCC(CCC)CC1)C(O)c1c(F)cccc1Br. The second kappa shape index (κ2) is 7.55. The van der Waals surface area contributed by atoms with Crippen LogP contribution >= 0.6 is 15.9 Å². The number of benzene rings is 1. The van der Waals surface area contributed by atoms with Gasteiger partial charge in [0, 0.05) is 10.0 Å². The highest BCUT2D eigenvalue weighted by Gasteiger charge is 2.28. The smallest absolute Gasteiger partial charge is 0.130 e. The molecule has 1 fully saturated rings. The molecule has 1 aliphatic carbocycles. The molecule has 2 rings (SSSR count). The van der Waals surface area contributed by atoms with E-state index in [2.05, 4.69) is 29.4 Å². The van der Waals surface area contributed by atoms with E-state index in [1.54, 1.807) is 12.1 Å². The highest BCUT2D eigenvalue weighted by Crippen LogP contribution is 2.40. The number of aliphatic hydroxyl groups excluding tert-OH is 1. The molecule has 1 aromatic rings. The summed E-state index contributed by atoms with van der Waals surface area (Å²) in [7, 11) is 0. The van der Waals surface area contributed by atoms with E-state index in [0.717, 1.165) is 24.3 Å². The lowest BCUT2D eigenvalue weighted by molar-refractivity contribution is 0.178. The van der Waals surface area contributed by atoms with E-state index in [4.69, 9.17) is 0 Å². The minimum absolute atomic E-state index is 0.305. The van der Waals surface area contributed by atoms with E-state index >= 15 is 0 Å². The van der Waals surface area contributed by atoms with Gasteiger partial charge in [-0.3, -0.25) is 0 Å². The van der Waals surface area contributed by atoms with Crippen molar-refractivity contribution >= 4 is 15.9 Å². The molecule has 0 bridgehead atoms. The normalized spacial score (nSPS) is 23.8. The largest absolute Gasteiger partial charge is 0.384 e. The third kappa shape index (κ3) is 3.95. The van der Waals surface area contributed by atoms with Crippen LogP contribution in [0.15, 0.2) is 34.8 Å². The molecule has 3 heteroatoms. The molecule has 1 unspecified atom stereocenters. The van der Waals surface area contributed by atoms with Crippen molar-refractivity contribution in [2.45, 2.75) is 51.6 Å². The zero-order valence-electron chi connectivity index (χ0n) is 12.6. The Labute approximate surface area is 135 Å². The van der Waals surface area contributed by atoms with Gasteiger partial charge in [0.05, 0.1) is 0 Å². The first-order valence-corrected chi connectivity index (χ1v) is 8.64. The van der Waals surface area contributed by atoms with Crippen LogP contribution in [0.3, 0.4) is 0 Å². The summed E-state index contributed by atoms with van der Waals surface area (Å²) in [6.45, 7) is 6.30. The summed E-state index contributed by atoms with van der Waals surface area (Å²) in [6.07, 6.45) is 6.13. The number of hydrogen-bond donors (Lipinski definition) is 1. The molecule has 0 aliphatic heterocycles. The minimum atomic E-state index is -0.923. The molecule has 0 spiro atoms. The van der Waals surface area contributed by atoms with Crippen LogP contribution in [0.25, 0.3) is 0 Å². The molecule has 0 saturated heterocycles. The Morgan fingerprint density at radius 3 is 2.62 bits per heavy atom. The predicted octanol–water partition coefficient (Wildman–Crippen LogP) is 5.78. The molecule has 1 N–H and O–H groups in total. The Balaban J connectivity index is 2.04. The zero-order valence-corrected chi connectivity index (χ0v) is 14.2. The summed E-state index contributed by atoms with van der Waals surface area (Å²) in [5.41, 5.74) is 1.08. The number of aliphatic hydroxyl groups is 1. The molecule has 1 aliphatic rings. The van der Waals surface area contributed by atoms with Gasteiger partial charge in [-0.05, 0) is 55.2 Å². The van der Waals surface area contributed by atoms with Crippen molar-refractivity contribution < 1.29 is 9.50 Å². The van der Waals surface area contributed by atoms with Crippen LogP contribution in [0.2, 0.25) is 0 Å². The summed E-state index contributed by atoms with van der Waals surface area (Å²) in [4.78, 5) is 0. The molecular weight excluding hydrogens is 331 g/mol. The molecule has 1 aromatic carbocycles.